The zero-order chi connectivity index (χ0) is 23.0. The number of nitrogens with zero attached hydrogens (tertiary/aromatic N) is 3. The molecule has 3 aliphatic carbocycles. The van der Waals surface area contributed by atoms with Crippen molar-refractivity contribution in [2.45, 2.75) is 49.0 Å². The van der Waals surface area contributed by atoms with E-state index in [4.69, 9.17) is 27.9 Å². The Labute approximate surface area is 198 Å². The molecule has 2 heterocycles. The number of hydrogen-bond acceptors (Lipinski definition) is 5. The van der Waals surface area contributed by atoms with Gasteiger partial charge in [-0.05, 0) is 49.6 Å². The lowest BCUT2D eigenvalue weighted by Gasteiger charge is -2.69. The van der Waals surface area contributed by atoms with Crippen LogP contribution in [0.4, 0.5) is 4.39 Å². The molecule has 2 atom stereocenters. The molecule has 7 rings (SSSR count). The van der Waals surface area contributed by atoms with E-state index in [2.05, 4.69) is 15.6 Å². The SMILES string of the molecule is O=C(NC12CC(n3cc(-c4ccc(Cl)c(F)c4)nn3)(C1)C2)[C@H]1C[C@@H](O)c2cc(Cl)ccc2O1. The summed E-state index contributed by atoms with van der Waals surface area (Å²) in [6, 6.07) is 9.53. The quantitative estimate of drug-likeness (QED) is 0.578. The molecule has 2 N–H and O–H groups in total. The Kier molecular flexibility index (Phi) is 4.53. The van der Waals surface area contributed by atoms with Gasteiger partial charge in [-0.3, -0.25) is 4.79 Å². The van der Waals surface area contributed by atoms with Gasteiger partial charge in [0.15, 0.2) is 6.10 Å². The van der Waals surface area contributed by atoms with Crippen molar-refractivity contribution in [2.75, 3.05) is 0 Å². The van der Waals surface area contributed by atoms with Gasteiger partial charge in [0.25, 0.3) is 5.91 Å². The van der Waals surface area contributed by atoms with Crippen molar-refractivity contribution in [3.05, 3.63) is 64.0 Å². The maximum atomic E-state index is 13.8. The zero-order valence-corrected chi connectivity index (χ0v) is 18.8. The Bertz CT molecular complexity index is 1280. The number of halogens is 3. The molecular weight excluding hydrogens is 470 g/mol. The highest BCUT2D eigenvalue weighted by molar-refractivity contribution is 6.31. The number of aliphatic hydroxyl groups is 1. The first-order valence-corrected chi connectivity index (χ1v) is 11.4. The minimum absolute atomic E-state index is 0.0602. The summed E-state index contributed by atoms with van der Waals surface area (Å²) in [5, 5.41) is 22.5. The van der Waals surface area contributed by atoms with Gasteiger partial charge in [0.05, 0.1) is 22.9 Å². The molecule has 33 heavy (non-hydrogen) atoms. The second kappa shape index (κ2) is 7.16. The Morgan fingerprint density at radius 1 is 1.21 bits per heavy atom. The van der Waals surface area contributed by atoms with E-state index in [1.165, 1.54) is 12.1 Å². The molecule has 1 amide bonds. The van der Waals surface area contributed by atoms with Crippen LogP contribution in [0.15, 0.2) is 42.6 Å². The lowest BCUT2D eigenvalue weighted by Crippen LogP contribution is -2.79. The number of carbonyl (C=O) groups excluding carboxylic acids is 1. The number of benzene rings is 2. The molecule has 2 bridgehead atoms. The predicted octanol–water partition coefficient (Wildman–Crippen LogP) is 4.02. The lowest BCUT2D eigenvalue weighted by atomic mass is 9.44. The molecule has 4 aliphatic rings. The Hall–Kier alpha value is -2.68. The second-order valence-corrected chi connectivity index (χ2v) is 10.1. The fourth-order valence-corrected chi connectivity index (χ4v) is 5.61. The van der Waals surface area contributed by atoms with Gasteiger partial charge in [0.2, 0.25) is 0 Å². The fraction of sp³-hybridized carbons (Fsp3) is 0.348. The van der Waals surface area contributed by atoms with Gasteiger partial charge in [-0.25, -0.2) is 9.07 Å². The van der Waals surface area contributed by atoms with E-state index in [0.29, 0.717) is 27.6 Å². The van der Waals surface area contributed by atoms with E-state index in [0.717, 1.165) is 19.3 Å². The number of aliphatic hydroxyl groups excluding tert-OH is 1. The summed E-state index contributed by atoms with van der Waals surface area (Å²) in [6.07, 6.45) is 2.58. The molecule has 7 nitrogen and oxygen atoms in total. The van der Waals surface area contributed by atoms with E-state index in [1.54, 1.807) is 30.5 Å². The van der Waals surface area contributed by atoms with Crippen LogP contribution in [0.5, 0.6) is 5.75 Å². The first-order chi connectivity index (χ1) is 15.8. The van der Waals surface area contributed by atoms with E-state index in [9.17, 15) is 14.3 Å². The van der Waals surface area contributed by atoms with Crippen LogP contribution in [0.2, 0.25) is 10.0 Å². The Morgan fingerprint density at radius 3 is 2.76 bits per heavy atom. The molecule has 3 fully saturated rings. The van der Waals surface area contributed by atoms with Gasteiger partial charge in [-0.1, -0.05) is 34.5 Å². The highest BCUT2D eigenvalue weighted by Crippen LogP contribution is 2.65. The molecule has 1 aliphatic heterocycles. The van der Waals surface area contributed by atoms with E-state index >= 15 is 0 Å². The van der Waals surface area contributed by atoms with Crippen LogP contribution in [-0.4, -0.2) is 37.7 Å². The number of carbonyl (C=O) groups is 1. The Balaban J connectivity index is 1.11. The molecule has 2 aromatic carbocycles. The largest absolute Gasteiger partial charge is 0.480 e. The topological polar surface area (TPSA) is 89.3 Å². The molecule has 3 aromatic rings. The van der Waals surface area contributed by atoms with E-state index < -0.39 is 18.0 Å². The molecule has 0 radical (unpaired) electrons. The van der Waals surface area contributed by atoms with Gasteiger partial charge in [-0.2, -0.15) is 0 Å². The summed E-state index contributed by atoms with van der Waals surface area (Å²) < 4.78 is 21.4. The first kappa shape index (κ1) is 20.9. The van der Waals surface area contributed by atoms with Crippen LogP contribution in [0.1, 0.15) is 37.4 Å². The number of amides is 1. The van der Waals surface area contributed by atoms with Gasteiger partial charge < -0.3 is 15.2 Å². The normalized spacial score (nSPS) is 29.3. The smallest absolute Gasteiger partial charge is 0.261 e. The average Bonchev–Trinajstić information content (AvgIpc) is 3.21. The van der Waals surface area contributed by atoms with Gasteiger partial charge in [-0.15, -0.1) is 5.10 Å². The van der Waals surface area contributed by atoms with Crippen molar-refractivity contribution < 1.29 is 19.0 Å². The summed E-state index contributed by atoms with van der Waals surface area (Å²) in [4.78, 5) is 12.9. The first-order valence-electron chi connectivity index (χ1n) is 10.6. The fourth-order valence-electron chi connectivity index (χ4n) is 5.31. The highest BCUT2D eigenvalue weighted by atomic mass is 35.5. The third kappa shape index (κ3) is 3.31. The number of nitrogens with one attached hydrogen (secondary N) is 1. The van der Waals surface area contributed by atoms with E-state index in [-0.39, 0.29) is 28.4 Å². The number of ether oxygens (including phenoxy) is 1. The zero-order valence-electron chi connectivity index (χ0n) is 17.3. The number of aromatic nitrogens is 3. The van der Waals surface area contributed by atoms with Gasteiger partial charge >= 0.3 is 0 Å². The monoisotopic (exact) mass is 488 g/mol. The van der Waals surface area contributed by atoms with Crippen molar-refractivity contribution in [1.82, 2.24) is 20.3 Å². The summed E-state index contributed by atoms with van der Waals surface area (Å²) in [5.74, 6) is -0.267. The molecule has 1 aromatic heterocycles. The summed E-state index contributed by atoms with van der Waals surface area (Å²) in [6.45, 7) is 0. The molecule has 10 heteroatoms. The number of hydrogen-bond donors (Lipinski definition) is 2. The summed E-state index contributed by atoms with van der Waals surface area (Å²) in [7, 11) is 0. The van der Waals surface area contributed by atoms with Crippen LogP contribution in [0.3, 0.4) is 0 Å². The van der Waals surface area contributed by atoms with Crippen LogP contribution in [-0.2, 0) is 10.3 Å². The molecule has 0 unspecified atom stereocenters. The average molecular weight is 489 g/mol. The maximum Gasteiger partial charge on any atom is 0.261 e. The van der Waals surface area contributed by atoms with Crippen molar-refractivity contribution >= 4 is 29.1 Å². The second-order valence-electron chi connectivity index (χ2n) is 9.24. The third-order valence-electron chi connectivity index (χ3n) is 6.92. The molecule has 0 saturated heterocycles. The number of rotatable bonds is 4. The lowest BCUT2D eigenvalue weighted by molar-refractivity contribution is -0.165. The van der Waals surface area contributed by atoms with Crippen LogP contribution in [0.25, 0.3) is 11.3 Å². The van der Waals surface area contributed by atoms with Crippen molar-refractivity contribution in [2.24, 2.45) is 0 Å². The number of fused-ring (bicyclic) bond motifs is 1. The summed E-state index contributed by atoms with van der Waals surface area (Å²) in [5.41, 5.74) is 1.27. The van der Waals surface area contributed by atoms with Gasteiger partial charge in [0.1, 0.15) is 17.3 Å². The molecule has 3 saturated carbocycles. The van der Waals surface area contributed by atoms with E-state index in [1.807, 2.05) is 4.68 Å². The highest BCUT2D eigenvalue weighted by Gasteiger charge is 2.70. The van der Waals surface area contributed by atoms with Crippen molar-refractivity contribution in [1.29, 1.82) is 0 Å². The molecular formula is C23H19Cl2FN4O3. The molecule has 0 spiro atoms. The summed E-state index contributed by atoms with van der Waals surface area (Å²) >= 11 is 11.8. The minimum Gasteiger partial charge on any atom is -0.480 e. The predicted molar refractivity (Wildman–Crippen MR) is 119 cm³/mol. The molecule has 170 valence electrons. The van der Waals surface area contributed by atoms with Crippen LogP contribution < -0.4 is 10.1 Å². The van der Waals surface area contributed by atoms with Gasteiger partial charge in [0, 0.05) is 28.1 Å². The van der Waals surface area contributed by atoms with Crippen molar-refractivity contribution in [3.8, 4) is 17.0 Å². The third-order valence-corrected chi connectivity index (χ3v) is 7.46. The standard InChI is InChI=1S/C23H19Cl2FN4O3/c24-13-2-4-19-14(6-13)18(31)7-20(33-19)21(32)27-22-9-23(10-22,11-22)30-8-17(28-29-30)12-1-3-15(25)16(26)5-12/h1-6,8,18,20,31H,7,9-11H2,(H,27,32)/t18-,20-,22?,23?/m1/s1. The Morgan fingerprint density at radius 2 is 2.00 bits per heavy atom. The van der Waals surface area contributed by atoms with Crippen LogP contribution in [0, 0.1) is 5.82 Å². The van der Waals surface area contributed by atoms with Crippen LogP contribution >= 0.6 is 23.2 Å². The minimum atomic E-state index is -0.811. The maximum absolute atomic E-state index is 13.8. The van der Waals surface area contributed by atoms with Crippen molar-refractivity contribution in [3.63, 3.8) is 0 Å².